The fourth-order valence-corrected chi connectivity index (χ4v) is 3.15. The predicted octanol–water partition coefficient (Wildman–Crippen LogP) is 3.46. The van der Waals surface area contributed by atoms with Crippen molar-refractivity contribution in [2.24, 2.45) is 0 Å². The highest BCUT2D eigenvalue weighted by Crippen LogP contribution is 2.34. The Kier molecular flexibility index (Phi) is 6.59. The number of rotatable bonds is 7. The van der Waals surface area contributed by atoms with Gasteiger partial charge in [0.1, 0.15) is 0 Å². The number of hydrogen-bond donors (Lipinski definition) is 2. The van der Waals surface area contributed by atoms with Crippen molar-refractivity contribution < 1.29 is 19.1 Å². The summed E-state index contributed by atoms with van der Waals surface area (Å²) in [6.07, 6.45) is 0. The molecule has 0 spiro atoms. The van der Waals surface area contributed by atoms with Crippen LogP contribution in [0.15, 0.2) is 42.5 Å². The first-order valence-electron chi connectivity index (χ1n) is 9.84. The van der Waals surface area contributed by atoms with Gasteiger partial charge in [0.25, 0.3) is 5.91 Å². The lowest BCUT2D eigenvalue weighted by Crippen LogP contribution is -2.36. The van der Waals surface area contributed by atoms with Gasteiger partial charge in [0.05, 0.1) is 6.04 Å². The second-order valence-corrected chi connectivity index (χ2v) is 6.84. The van der Waals surface area contributed by atoms with E-state index in [0.717, 1.165) is 11.1 Å². The van der Waals surface area contributed by atoms with Crippen molar-refractivity contribution >= 4 is 11.9 Å². The summed E-state index contributed by atoms with van der Waals surface area (Å²) in [6.45, 7) is 7.79. The summed E-state index contributed by atoms with van der Waals surface area (Å²) >= 11 is 0. The smallest absolute Gasteiger partial charge is 0.315 e. The lowest BCUT2D eigenvalue weighted by atomic mass is 10.1. The molecular formula is C22H27N3O4. The molecule has 0 radical (unpaired) electrons. The summed E-state index contributed by atoms with van der Waals surface area (Å²) in [5.74, 6) is 1.43. The van der Waals surface area contributed by atoms with E-state index in [2.05, 4.69) is 10.6 Å². The minimum atomic E-state index is -0.265. The summed E-state index contributed by atoms with van der Waals surface area (Å²) in [6, 6.07) is 12.5. The molecule has 0 saturated heterocycles. The number of ether oxygens (including phenoxy) is 2. The molecule has 1 aliphatic rings. The Hall–Kier alpha value is -3.22. The Morgan fingerprint density at radius 3 is 2.41 bits per heavy atom. The monoisotopic (exact) mass is 397 g/mol. The molecular weight excluding hydrogens is 370 g/mol. The lowest BCUT2D eigenvalue weighted by Gasteiger charge is -2.18. The van der Waals surface area contributed by atoms with Crippen LogP contribution in [0.5, 0.6) is 11.5 Å². The zero-order valence-electron chi connectivity index (χ0n) is 17.0. The van der Waals surface area contributed by atoms with Gasteiger partial charge in [0.15, 0.2) is 11.5 Å². The SMILES string of the molecule is CCN(CC)C(=O)c1ccc(CNC(=O)NC(C)c2ccc3c(c2)OCO3)cc1. The molecule has 0 fully saturated rings. The maximum absolute atomic E-state index is 12.3. The number of hydrogen-bond acceptors (Lipinski definition) is 4. The Bertz CT molecular complexity index is 863. The number of carbonyl (C=O) groups is 2. The summed E-state index contributed by atoms with van der Waals surface area (Å²) in [5, 5.41) is 5.75. The molecule has 7 heteroatoms. The maximum Gasteiger partial charge on any atom is 0.315 e. The Morgan fingerprint density at radius 1 is 1.03 bits per heavy atom. The van der Waals surface area contributed by atoms with Gasteiger partial charge in [-0.2, -0.15) is 0 Å². The number of nitrogens with one attached hydrogen (secondary N) is 2. The zero-order chi connectivity index (χ0) is 20.8. The van der Waals surface area contributed by atoms with Crippen LogP contribution in [-0.4, -0.2) is 36.7 Å². The third-order valence-electron chi connectivity index (χ3n) is 4.95. The van der Waals surface area contributed by atoms with E-state index < -0.39 is 0 Å². The lowest BCUT2D eigenvalue weighted by molar-refractivity contribution is 0.0773. The van der Waals surface area contributed by atoms with Crippen LogP contribution >= 0.6 is 0 Å². The van der Waals surface area contributed by atoms with E-state index in [1.165, 1.54) is 0 Å². The average Bonchev–Trinajstić information content (AvgIpc) is 3.21. The number of amides is 3. The average molecular weight is 397 g/mol. The molecule has 3 amide bonds. The van der Waals surface area contributed by atoms with Crippen LogP contribution in [0.2, 0.25) is 0 Å². The number of carbonyl (C=O) groups excluding carboxylic acids is 2. The van der Waals surface area contributed by atoms with E-state index in [9.17, 15) is 9.59 Å². The summed E-state index contributed by atoms with van der Waals surface area (Å²) in [5.41, 5.74) is 2.51. The summed E-state index contributed by atoms with van der Waals surface area (Å²) < 4.78 is 10.7. The first-order chi connectivity index (χ1) is 14.0. The third-order valence-corrected chi connectivity index (χ3v) is 4.95. The van der Waals surface area contributed by atoms with Crippen LogP contribution < -0.4 is 20.1 Å². The van der Waals surface area contributed by atoms with Crippen molar-refractivity contribution in [1.29, 1.82) is 0 Å². The molecule has 1 unspecified atom stereocenters. The van der Waals surface area contributed by atoms with Gasteiger partial charge in [0.2, 0.25) is 6.79 Å². The standard InChI is InChI=1S/C22H27N3O4/c1-4-25(5-2)21(26)17-8-6-16(7-9-17)13-23-22(27)24-15(3)18-10-11-19-20(12-18)29-14-28-19/h6-12,15H,4-5,13-14H2,1-3H3,(H2,23,24,27). The second-order valence-electron chi connectivity index (χ2n) is 6.84. The molecule has 0 aliphatic carbocycles. The first kappa shape index (κ1) is 20.5. The second kappa shape index (κ2) is 9.32. The summed E-state index contributed by atoms with van der Waals surface area (Å²) in [7, 11) is 0. The molecule has 0 bridgehead atoms. The minimum Gasteiger partial charge on any atom is -0.454 e. The van der Waals surface area contributed by atoms with E-state index in [0.29, 0.717) is 36.7 Å². The van der Waals surface area contributed by atoms with Gasteiger partial charge >= 0.3 is 6.03 Å². The van der Waals surface area contributed by atoms with E-state index in [1.807, 2.05) is 51.1 Å². The molecule has 1 heterocycles. The molecule has 29 heavy (non-hydrogen) atoms. The topological polar surface area (TPSA) is 79.9 Å². The van der Waals surface area contributed by atoms with Gasteiger partial charge in [-0.15, -0.1) is 0 Å². The predicted molar refractivity (Wildman–Crippen MR) is 110 cm³/mol. The normalized spacial score (nSPS) is 12.9. The Morgan fingerprint density at radius 2 is 1.72 bits per heavy atom. The third kappa shape index (κ3) is 4.99. The number of benzene rings is 2. The van der Waals surface area contributed by atoms with Crippen LogP contribution in [0.4, 0.5) is 4.79 Å². The fourth-order valence-electron chi connectivity index (χ4n) is 3.15. The van der Waals surface area contributed by atoms with Gasteiger partial charge in [0, 0.05) is 25.2 Å². The van der Waals surface area contributed by atoms with Crippen LogP contribution in [0.25, 0.3) is 0 Å². The largest absolute Gasteiger partial charge is 0.454 e. The van der Waals surface area contributed by atoms with Gasteiger partial charge in [-0.3, -0.25) is 4.79 Å². The van der Waals surface area contributed by atoms with E-state index >= 15 is 0 Å². The molecule has 3 rings (SSSR count). The molecule has 2 N–H and O–H groups in total. The molecule has 154 valence electrons. The molecule has 0 saturated carbocycles. The van der Waals surface area contributed by atoms with Crippen molar-refractivity contribution in [3.63, 3.8) is 0 Å². The zero-order valence-corrected chi connectivity index (χ0v) is 17.0. The molecule has 2 aromatic carbocycles. The highest BCUT2D eigenvalue weighted by atomic mass is 16.7. The van der Waals surface area contributed by atoms with Crippen molar-refractivity contribution in [2.45, 2.75) is 33.4 Å². The van der Waals surface area contributed by atoms with Gasteiger partial charge in [-0.1, -0.05) is 18.2 Å². The Labute approximate surface area is 171 Å². The van der Waals surface area contributed by atoms with Gasteiger partial charge in [-0.05, 0) is 56.2 Å². The molecule has 1 atom stereocenters. The van der Waals surface area contributed by atoms with E-state index in [4.69, 9.17) is 9.47 Å². The van der Waals surface area contributed by atoms with Crippen molar-refractivity contribution in [3.8, 4) is 11.5 Å². The first-order valence-corrected chi connectivity index (χ1v) is 9.84. The molecule has 2 aromatic rings. The van der Waals surface area contributed by atoms with Crippen LogP contribution in [-0.2, 0) is 6.54 Å². The minimum absolute atomic E-state index is 0.0183. The quantitative estimate of drug-likeness (QED) is 0.750. The Balaban J connectivity index is 1.50. The summed E-state index contributed by atoms with van der Waals surface area (Å²) in [4.78, 5) is 26.4. The van der Waals surface area contributed by atoms with Crippen LogP contribution in [0.1, 0.15) is 48.3 Å². The highest BCUT2D eigenvalue weighted by molar-refractivity contribution is 5.94. The van der Waals surface area contributed by atoms with E-state index in [-0.39, 0.29) is 24.8 Å². The van der Waals surface area contributed by atoms with E-state index in [1.54, 1.807) is 17.0 Å². The van der Waals surface area contributed by atoms with Gasteiger partial charge in [-0.25, -0.2) is 4.79 Å². The van der Waals surface area contributed by atoms with Gasteiger partial charge < -0.3 is 25.0 Å². The molecule has 7 nitrogen and oxygen atoms in total. The van der Waals surface area contributed by atoms with Crippen LogP contribution in [0.3, 0.4) is 0 Å². The number of nitrogens with zero attached hydrogens (tertiary/aromatic N) is 1. The van der Waals surface area contributed by atoms with Crippen molar-refractivity contribution in [3.05, 3.63) is 59.2 Å². The van der Waals surface area contributed by atoms with Crippen molar-refractivity contribution in [1.82, 2.24) is 15.5 Å². The van der Waals surface area contributed by atoms with Crippen molar-refractivity contribution in [2.75, 3.05) is 19.9 Å². The fraction of sp³-hybridized carbons (Fsp3) is 0.364. The maximum atomic E-state index is 12.3. The number of urea groups is 1. The highest BCUT2D eigenvalue weighted by Gasteiger charge is 2.17. The molecule has 1 aliphatic heterocycles. The molecule has 0 aromatic heterocycles. The van der Waals surface area contributed by atoms with Crippen LogP contribution in [0, 0.1) is 0 Å². The number of fused-ring (bicyclic) bond motifs is 1.